The van der Waals surface area contributed by atoms with Crippen LogP contribution in [0.15, 0.2) is 11.6 Å². The van der Waals surface area contributed by atoms with Crippen molar-refractivity contribution in [2.75, 3.05) is 26.4 Å². The van der Waals surface area contributed by atoms with E-state index in [0.717, 1.165) is 5.57 Å². The molecule has 18 heavy (non-hydrogen) atoms. The van der Waals surface area contributed by atoms with Crippen molar-refractivity contribution >= 4 is 5.97 Å². The van der Waals surface area contributed by atoms with Crippen LogP contribution in [0.25, 0.3) is 0 Å². The largest absolute Gasteiger partial charge is 0.462 e. The standard InChI is InChI=1S/C11H20O4.C2H6O/c1-5-13-11(14-6-2)9(3)7-8-15-10(4)12;1-2-3/h7,11H,5-6,8H2,1-4H3;3H,2H2,1H3/b9-7+;. The van der Waals surface area contributed by atoms with E-state index in [1.165, 1.54) is 6.92 Å². The molecule has 0 saturated heterocycles. The second-order valence-electron chi connectivity index (χ2n) is 3.31. The average Bonchev–Trinajstić information content (AvgIpc) is 2.29. The van der Waals surface area contributed by atoms with Gasteiger partial charge < -0.3 is 19.3 Å². The lowest BCUT2D eigenvalue weighted by Crippen LogP contribution is -2.19. The molecule has 0 fully saturated rings. The van der Waals surface area contributed by atoms with Gasteiger partial charge in [0.1, 0.15) is 6.61 Å². The highest BCUT2D eigenvalue weighted by Crippen LogP contribution is 2.07. The molecule has 0 radical (unpaired) electrons. The van der Waals surface area contributed by atoms with Gasteiger partial charge in [-0.2, -0.15) is 0 Å². The molecule has 0 atom stereocenters. The lowest BCUT2D eigenvalue weighted by Gasteiger charge is -2.17. The average molecular weight is 262 g/mol. The Morgan fingerprint density at radius 3 is 1.94 bits per heavy atom. The quantitative estimate of drug-likeness (QED) is 0.431. The number of rotatable bonds is 7. The first-order chi connectivity index (χ1) is 8.53. The lowest BCUT2D eigenvalue weighted by molar-refractivity contribution is -0.139. The van der Waals surface area contributed by atoms with Crippen LogP contribution in [0.2, 0.25) is 0 Å². The molecule has 0 aromatic heterocycles. The highest BCUT2D eigenvalue weighted by Gasteiger charge is 2.09. The van der Waals surface area contributed by atoms with Crippen LogP contribution in [0, 0.1) is 0 Å². The van der Waals surface area contributed by atoms with Gasteiger partial charge in [0, 0.05) is 26.7 Å². The molecule has 0 heterocycles. The molecule has 0 amide bonds. The van der Waals surface area contributed by atoms with Crippen LogP contribution in [-0.4, -0.2) is 43.8 Å². The van der Waals surface area contributed by atoms with Crippen molar-refractivity contribution in [2.24, 2.45) is 0 Å². The molecule has 0 aromatic carbocycles. The van der Waals surface area contributed by atoms with Gasteiger partial charge in [-0.3, -0.25) is 4.79 Å². The topological polar surface area (TPSA) is 65.0 Å². The number of ether oxygens (including phenoxy) is 3. The fraction of sp³-hybridized carbons (Fsp3) is 0.769. The van der Waals surface area contributed by atoms with E-state index < -0.39 is 0 Å². The summed E-state index contributed by atoms with van der Waals surface area (Å²) in [6.45, 7) is 10.5. The number of hydrogen-bond acceptors (Lipinski definition) is 5. The number of hydrogen-bond donors (Lipinski definition) is 1. The molecule has 0 spiro atoms. The predicted molar refractivity (Wildman–Crippen MR) is 70.2 cm³/mol. The second kappa shape index (κ2) is 14.2. The maximum atomic E-state index is 10.5. The molecule has 0 rings (SSSR count). The van der Waals surface area contributed by atoms with Gasteiger partial charge in [0.05, 0.1) is 0 Å². The number of aliphatic hydroxyl groups excluding tert-OH is 1. The Kier molecular flexibility index (Phi) is 15.3. The van der Waals surface area contributed by atoms with Crippen LogP contribution < -0.4 is 0 Å². The van der Waals surface area contributed by atoms with E-state index in [9.17, 15) is 4.79 Å². The van der Waals surface area contributed by atoms with E-state index in [1.54, 1.807) is 13.0 Å². The normalized spacial score (nSPS) is 10.9. The van der Waals surface area contributed by atoms with E-state index >= 15 is 0 Å². The number of carbonyl (C=O) groups is 1. The maximum absolute atomic E-state index is 10.5. The smallest absolute Gasteiger partial charge is 0.302 e. The Balaban J connectivity index is 0. The van der Waals surface area contributed by atoms with Crippen LogP contribution in [0.5, 0.6) is 0 Å². The first kappa shape index (κ1) is 19.4. The van der Waals surface area contributed by atoms with Crippen molar-refractivity contribution in [1.29, 1.82) is 0 Å². The molecule has 0 bridgehead atoms. The monoisotopic (exact) mass is 262 g/mol. The van der Waals surface area contributed by atoms with Gasteiger partial charge in [-0.05, 0) is 39.3 Å². The van der Waals surface area contributed by atoms with Gasteiger partial charge in [-0.1, -0.05) is 0 Å². The lowest BCUT2D eigenvalue weighted by atomic mass is 10.3. The molecular formula is C13H26O5. The molecule has 1 N–H and O–H groups in total. The van der Waals surface area contributed by atoms with Crippen molar-refractivity contribution in [3.05, 3.63) is 11.6 Å². The maximum Gasteiger partial charge on any atom is 0.302 e. The summed E-state index contributed by atoms with van der Waals surface area (Å²) in [7, 11) is 0. The molecule has 0 unspecified atom stereocenters. The zero-order valence-corrected chi connectivity index (χ0v) is 12.1. The van der Waals surface area contributed by atoms with E-state index in [-0.39, 0.29) is 25.5 Å². The van der Waals surface area contributed by atoms with Gasteiger partial charge in [0.15, 0.2) is 6.29 Å². The second-order valence-corrected chi connectivity index (χ2v) is 3.31. The van der Waals surface area contributed by atoms with Crippen molar-refractivity contribution in [3.8, 4) is 0 Å². The van der Waals surface area contributed by atoms with Gasteiger partial charge >= 0.3 is 5.97 Å². The van der Waals surface area contributed by atoms with Crippen LogP contribution in [-0.2, 0) is 19.0 Å². The SMILES string of the molecule is CCO.CCOC(OCC)/C(C)=C/COC(C)=O. The third-order valence-electron chi connectivity index (χ3n) is 1.70. The van der Waals surface area contributed by atoms with Crippen LogP contribution in [0.3, 0.4) is 0 Å². The first-order valence-corrected chi connectivity index (χ1v) is 6.17. The Morgan fingerprint density at radius 2 is 1.61 bits per heavy atom. The Morgan fingerprint density at radius 1 is 1.17 bits per heavy atom. The molecule has 0 aliphatic heterocycles. The van der Waals surface area contributed by atoms with Crippen molar-refractivity contribution in [2.45, 2.75) is 40.9 Å². The number of carbonyl (C=O) groups excluding carboxylic acids is 1. The minimum Gasteiger partial charge on any atom is -0.462 e. The Bertz CT molecular complexity index is 219. The zero-order chi connectivity index (χ0) is 14.4. The zero-order valence-electron chi connectivity index (χ0n) is 12.1. The third kappa shape index (κ3) is 13.2. The summed E-state index contributed by atoms with van der Waals surface area (Å²) in [5, 5.41) is 7.57. The van der Waals surface area contributed by atoms with Crippen LogP contribution >= 0.6 is 0 Å². The van der Waals surface area contributed by atoms with Crippen LogP contribution in [0.4, 0.5) is 0 Å². The summed E-state index contributed by atoms with van der Waals surface area (Å²) in [5.74, 6) is -0.289. The van der Waals surface area contributed by atoms with E-state index in [1.807, 2.05) is 20.8 Å². The molecule has 5 nitrogen and oxygen atoms in total. The summed E-state index contributed by atoms with van der Waals surface area (Å²) in [5.41, 5.74) is 0.917. The third-order valence-corrected chi connectivity index (χ3v) is 1.70. The Hall–Kier alpha value is -0.910. The molecule has 0 aliphatic carbocycles. The van der Waals surface area contributed by atoms with Crippen LogP contribution in [0.1, 0.15) is 34.6 Å². The molecule has 0 aliphatic rings. The minimum atomic E-state index is -0.337. The molecular weight excluding hydrogens is 236 g/mol. The van der Waals surface area contributed by atoms with Gasteiger partial charge in [0.25, 0.3) is 0 Å². The van der Waals surface area contributed by atoms with E-state index in [4.69, 9.17) is 19.3 Å². The highest BCUT2D eigenvalue weighted by molar-refractivity contribution is 5.66. The van der Waals surface area contributed by atoms with Crippen molar-refractivity contribution < 1.29 is 24.1 Å². The molecule has 0 aromatic rings. The highest BCUT2D eigenvalue weighted by atomic mass is 16.7. The fourth-order valence-electron chi connectivity index (χ4n) is 1.00. The number of aliphatic hydroxyl groups is 1. The summed E-state index contributed by atoms with van der Waals surface area (Å²) < 4.78 is 15.5. The Labute approximate surface area is 110 Å². The predicted octanol–water partition coefficient (Wildman–Crippen LogP) is 1.89. The molecule has 5 heteroatoms. The van der Waals surface area contributed by atoms with Gasteiger partial charge in [-0.25, -0.2) is 0 Å². The minimum absolute atomic E-state index is 0.250. The number of esters is 1. The summed E-state index contributed by atoms with van der Waals surface area (Å²) >= 11 is 0. The molecule has 108 valence electrons. The van der Waals surface area contributed by atoms with Crippen molar-refractivity contribution in [3.63, 3.8) is 0 Å². The first-order valence-electron chi connectivity index (χ1n) is 6.17. The van der Waals surface area contributed by atoms with Crippen molar-refractivity contribution in [1.82, 2.24) is 0 Å². The summed E-state index contributed by atoms with van der Waals surface area (Å²) in [6.07, 6.45) is 1.45. The van der Waals surface area contributed by atoms with Gasteiger partial charge in [0.2, 0.25) is 0 Å². The van der Waals surface area contributed by atoms with Gasteiger partial charge in [-0.15, -0.1) is 0 Å². The molecule has 0 saturated carbocycles. The summed E-state index contributed by atoms with van der Waals surface area (Å²) in [4.78, 5) is 10.5. The fourth-order valence-corrected chi connectivity index (χ4v) is 1.00. The van der Waals surface area contributed by atoms with E-state index in [0.29, 0.717) is 13.2 Å². The summed E-state index contributed by atoms with van der Waals surface area (Å²) in [6, 6.07) is 0. The van der Waals surface area contributed by atoms with E-state index in [2.05, 4.69) is 0 Å².